The normalized spacial score (nSPS) is 11.3. The van der Waals surface area contributed by atoms with E-state index >= 15 is 0 Å². The molecule has 0 aliphatic rings. The van der Waals surface area contributed by atoms with Crippen LogP contribution in [0.2, 0.25) is 0 Å². The van der Waals surface area contributed by atoms with Crippen molar-refractivity contribution in [1.82, 2.24) is 0 Å². The van der Waals surface area contributed by atoms with Crippen molar-refractivity contribution >= 4 is 33.4 Å². The van der Waals surface area contributed by atoms with Crippen molar-refractivity contribution in [3.63, 3.8) is 0 Å². The van der Waals surface area contributed by atoms with Crippen LogP contribution in [0.1, 0.15) is 5.56 Å². The van der Waals surface area contributed by atoms with Gasteiger partial charge in [-0.25, -0.2) is 0 Å². The summed E-state index contributed by atoms with van der Waals surface area (Å²) in [5.74, 6) is 1.54. The van der Waals surface area contributed by atoms with E-state index in [0.717, 1.165) is 17.6 Å². The van der Waals surface area contributed by atoms with E-state index in [0.29, 0.717) is 11.0 Å². The average Bonchev–Trinajstić information content (AvgIpc) is 2.29. The molecule has 0 saturated carbocycles. The molecule has 0 atom stereocenters. The molecular formula is C12H13BrF3NS. The maximum atomic E-state index is 12.8. The van der Waals surface area contributed by atoms with Crippen molar-refractivity contribution in [2.45, 2.75) is 6.18 Å². The van der Waals surface area contributed by atoms with Gasteiger partial charge in [-0.1, -0.05) is 22.0 Å². The van der Waals surface area contributed by atoms with Crippen molar-refractivity contribution in [2.75, 3.05) is 23.4 Å². The van der Waals surface area contributed by atoms with E-state index in [-0.39, 0.29) is 5.69 Å². The molecule has 0 heterocycles. The molecule has 0 fully saturated rings. The first-order chi connectivity index (χ1) is 8.45. The van der Waals surface area contributed by atoms with Gasteiger partial charge in [-0.15, -0.1) is 6.58 Å². The second kappa shape index (κ2) is 7.09. The van der Waals surface area contributed by atoms with Gasteiger partial charge in [0, 0.05) is 28.2 Å². The smallest absolute Gasteiger partial charge is 0.384 e. The third kappa shape index (κ3) is 4.94. The lowest BCUT2D eigenvalue weighted by molar-refractivity contribution is -0.137. The molecule has 0 aliphatic carbocycles. The minimum absolute atomic E-state index is 0.116. The quantitative estimate of drug-likeness (QED) is 0.590. The van der Waals surface area contributed by atoms with E-state index in [4.69, 9.17) is 0 Å². The highest BCUT2D eigenvalue weighted by molar-refractivity contribution is 9.10. The second-order valence-electron chi connectivity index (χ2n) is 3.48. The zero-order valence-corrected chi connectivity index (χ0v) is 12.0. The molecule has 0 radical (unpaired) electrons. The zero-order chi connectivity index (χ0) is 13.6. The van der Waals surface area contributed by atoms with Crippen LogP contribution in [0.5, 0.6) is 0 Å². The third-order valence-corrected chi connectivity index (χ3v) is 3.54. The van der Waals surface area contributed by atoms with Gasteiger partial charge in [0.25, 0.3) is 0 Å². The molecule has 1 aromatic rings. The first-order valence-electron chi connectivity index (χ1n) is 5.24. The molecule has 6 heteroatoms. The summed E-state index contributed by atoms with van der Waals surface area (Å²) in [6, 6.07) is 4.11. The first-order valence-corrected chi connectivity index (χ1v) is 7.19. The first kappa shape index (κ1) is 15.4. The highest BCUT2D eigenvalue weighted by Crippen LogP contribution is 2.36. The third-order valence-electron chi connectivity index (χ3n) is 2.08. The Morgan fingerprint density at radius 1 is 1.39 bits per heavy atom. The highest BCUT2D eigenvalue weighted by atomic mass is 79.9. The topological polar surface area (TPSA) is 12.0 Å². The predicted octanol–water partition coefficient (Wildman–Crippen LogP) is 4.80. The largest absolute Gasteiger partial charge is 0.418 e. The molecule has 0 bridgehead atoms. The molecule has 0 saturated heterocycles. The van der Waals surface area contributed by atoms with Gasteiger partial charge in [-0.05, 0) is 18.2 Å². The van der Waals surface area contributed by atoms with Crippen LogP contribution >= 0.6 is 27.7 Å². The summed E-state index contributed by atoms with van der Waals surface area (Å²) in [7, 11) is 0. The second-order valence-corrected chi connectivity index (χ2v) is 5.54. The number of benzene rings is 1. The lowest BCUT2D eigenvalue weighted by atomic mass is 10.1. The van der Waals surface area contributed by atoms with Crippen LogP contribution in [0.4, 0.5) is 18.9 Å². The number of nitrogens with one attached hydrogen (secondary N) is 1. The molecule has 0 unspecified atom stereocenters. The summed E-state index contributed by atoms with van der Waals surface area (Å²) in [4.78, 5) is 0. The fraction of sp³-hybridized carbons (Fsp3) is 0.333. The molecule has 1 N–H and O–H groups in total. The molecule has 0 amide bonds. The Morgan fingerprint density at radius 2 is 2.11 bits per heavy atom. The molecule has 1 aromatic carbocycles. The van der Waals surface area contributed by atoms with Crippen LogP contribution in [0.25, 0.3) is 0 Å². The van der Waals surface area contributed by atoms with Gasteiger partial charge in [0.05, 0.1) is 5.56 Å². The van der Waals surface area contributed by atoms with Gasteiger partial charge >= 0.3 is 6.18 Å². The average molecular weight is 340 g/mol. The molecule has 100 valence electrons. The fourth-order valence-electron chi connectivity index (χ4n) is 1.33. The van der Waals surface area contributed by atoms with E-state index in [9.17, 15) is 13.2 Å². The number of alkyl halides is 3. The summed E-state index contributed by atoms with van der Waals surface area (Å²) < 4.78 is 38.8. The van der Waals surface area contributed by atoms with Crippen molar-refractivity contribution < 1.29 is 13.2 Å². The molecule has 0 aliphatic heterocycles. The van der Waals surface area contributed by atoms with Crippen LogP contribution in [-0.2, 0) is 6.18 Å². The maximum Gasteiger partial charge on any atom is 0.418 e. The number of halogens is 4. The van der Waals surface area contributed by atoms with Crippen LogP contribution in [0.3, 0.4) is 0 Å². The molecule has 18 heavy (non-hydrogen) atoms. The van der Waals surface area contributed by atoms with Crippen LogP contribution < -0.4 is 5.32 Å². The van der Waals surface area contributed by atoms with Crippen molar-refractivity contribution in [3.05, 3.63) is 40.9 Å². The van der Waals surface area contributed by atoms with Gasteiger partial charge in [0.2, 0.25) is 0 Å². The Kier molecular flexibility index (Phi) is 6.08. The van der Waals surface area contributed by atoms with Gasteiger partial charge in [-0.3, -0.25) is 0 Å². The molecule has 0 aromatic heterocycles. The maximum absolute atomic E-state index is 12.8. The van der Waals surface area contributed by atoms with Crippen LogP contribution in [0, 0.1) is 0 Å². The molecule has 1 nitrogen and oxygen atoms in total. The summed E-state index contributed by atoms with van der Waals surface area (Å²) in [6.07, 6.45) is -2.58. The standard InChI is InChI=1S/C12H13BrF3NS/c1-2-6-18-7-5-17-11-4-3-9(13)8-10(11)12(14,15)16/h2-4,8,17H,1,5-7H2. The highest BCUT2D eigenvalue weighted by Gasteiger charge is 2.33. The Labute approximate surface area is 117 Å². The van der Waals surface area contributed by atoms with E-state index in [1.165, 1.54) is 6.07 Å². The van der Waals surface area contributed by atoms with Gasteiger partial charge in [-0.2, -0.15) is 24.9 Å². The number of anilines is 1. The van der Waals surface area contributed by atoms with Gasteiger partial charge in [0.15, 0.2) is 0 Å². The minimum Gasteiger partial charge on any atom is -0.384 e. The summed E-state index contributed by atoms with van der Waals surface area (Å²) in [5, 5.41) is 2.81. The van der Waals surface area contributed by atoms with E-state index in [1.807, 2.05) is 0 Å². The fourth-order valence-corrected chi connectivity index (χ4v) is 2.27. The molecule has 1 rings (SSSR count). The minimum atomic E-state index is -4.35. The summed E-state index contributed by atoms with van der Waals surface area (Å²) in [6.45, 7) is 4.07. The van der Waals surface area contributed by atoms with Crippen LogP contribution in [0.15, 0.2) is 35.3 Å². The Hall–Kier alpha value is -0.620. The van der Waals surface area contributed by atoms with Crippen molar-refractivity contribution in [2.24, 2.45) is 0 Å². The van der Waals surface area contributed by atoms with Gasteiger partial charge < -0.3 is 5.32 Å². The zero-order valence-electron chi connectivity index (χ0n) is 9.56. The summed E-state index contributed by atoms with van der Waals surface area (Å²) >= 11 is 4.67. The molecule has 0 spiro atoms. The number of hydrogen-bond acceptors (Lipinski definition) is 2. The summed E-state index contributed by atoms with van der Waals surface area (Å²) in [5.41, 5.74) is -0.532. The predicted molar refractivity (Wildman–Crippen MR) is 75.2 cm³/mol. The lowest BCUT2D eigenvalue weighted by Crippen LogP contribution is -2.12. The van der Waals surface area contributed by atoms with E-state index in [2.05, 4.69) is 27.8 Å². The number of hydrogen-bond donors (Lipinski definition) is 1. The lowest BCUT2D eigenvalue weighted by Gasteiger charge is -2.14. The van der Waals surface area contributed by atoms with Crippen LogP contribution in [-0.4, -0.2) is 18.1 Å². The Balaban J connectivity index is 2.67. The number of thioether (sulfide) groups is 1. The van der Waals surface area contributed by atoms with Gasteiger partial charge in [0.1, 0.15) is 0 Å². The number of rotatable bonds is 6. The monoisotopic (exact) mass is 339 g/mol. The SMILES string of the molecule is C=CCSCCNc1ccc(Br)cc1C(F)(F)F. The van der Waals surface area contributed by atoms with Crippen molar-refractivity contribution in [1.29, 1.82) is 0 Å². The van der Waals surface area contributed by atoms with E-state index < -0.39 is 11.7 Å². The Morgan fingerprint density at radius 3 is 2.72 bits per heavy atom. The molecular weight excluding hydrogens is 327 g/mol. The van der Waals surface area contributed by atoms with Crippen molar-refractivity contribution in [3.8, 4) is 0 Å². The Bertz CT molecular complexity index is 407. The van der Waals surface area contributed by atoms with E-state index in [1.54, 1.807) is 23.9 Å².